The fraction of sp³-hybridized carbons (Fsp3) is 0.440. The van der Waals surface area contributed by atoms with Gasteiger partial charge in [0.2, 0.25) is 0 Å². The van der Waals surface area contributed by atoms with Gasteiger partial charge < -0.3 is 20.3 Å². The number of carbonyl (C=O) groups is 1. The Morgan fingerprint density at radius 3 is 2.52 bits per heavy atom. The van der Waals surface area contributed by atoms with Crippen LogP contribution in [-0.4, -0.2) is 34.6 Å². The Kier molecular flexibility index (Phi) is 6.19. The summed E-state index contributed by atoms with van der Waals surface area (Å²) in [6, 6.07) is 13.9. The van der Waals surface area contributed by atoms with Crippen molar-refractivity contribution in [3.05, 3.63) is 59.2 Å². The number of fused-ring (bicyclic) bond motifs is 1. The van der Waals surface area contributed by atoms with Gasteiger partial charge in [-0.15, -0.1) is 0 Å². The Balaban J connectivity index is 1.41. The van der Waals surface area contributed by atoms with E-state index in [1.165, 1.54) is 12.0 Å². The lowest BCUT2D eigenvalue weighted by atomic mass is 9.89. The number of piperidine rings is 1. The number of aryl methyl sites for hydroxylation is 1. The number of anilines is 1. The van der Waals surface area contributed by atoms with Crippen LogP contribution < -0.4 is 15.4 Å². The molecule has 164 valence electrons. The first-order chi connectivity index (χ1) is 14.8. The third-order valence-corrected chi connectivity index (χ3v) is 6.18. The van der Waals surface area contributed by atoms with Crippen molar-refractivity contribution < 1.29 is 9.53 Å². The molecule has 5 nitrogen and oxygen atoms in total. The molecule has 0 aliphatic carbocycles. The van der Waals surface area contributed by atoms with Gasteiger partial charge in [-0.1, -0.05) is 17.7 Å². The Hall–Kier alpha value is -2.60. The number of likely N-dealkylation sites (tertiary alicyclic amines) is 1. The van der Waals surface area contributed by atoms with Crippen molar-refractivity contribution in [2.24, 2.45) is 0 Å². The second-order valence-corrected chi connectivity index (χ2v) is 9.60. The van der Waals surface area contributed by atoms with Crippen LogP contribution in [0.5, 0.6) is 5.75 Å². The maximum absolute atomic E-state index is 12.7. The summed E-state index contributed by atoms with van der Waals surface area (Å²) in [4.78, 5) is 14.6. The van der Waals surface area contributed by atoms with Gasteiger partial charge in [0.15, 0.2) is 5.11 Å². The van der Waals surface area contributed by atoms with Gasteiger partial charge in [0, 0.05) is 36.3 Å². The lowest BCUT2D eigenvalue weighted by Crippen LogP contribution is -2.42. The number of hydrogen-bond acceptors (Lipinski definition) is 3. The molecule has 0 radical (unpaired) electrons. The van der Waals surface area contributed by atoms with Gasteiger partial charge in [-0.25, -0.2) is 0 Å². The minimum atomic E-state index is -0.272. The van der Waals surface area contributed by atoms with E-state index in [0.717, 1.165) is 54.9 Å². The Morgan fingerprint density at radius 2 is 1.81 bits per heavy atom. The Bertz CT molecular complexity index is 965. The summed E-state index contributed by atoms with van der Waals surface area (Å²) in [5.74, 6) is 1.02. The van der Waals surface area contributed by atoms with Crippen LogP contribution in [0, 0.1) is 6.92 Å². The van der Waals surface area contributed by atoms with Crippen molar-refractivity contribution in [1.82, 2.24) is 10.2 Å². The molecule has 1 unspecified atom stereocenters. The van der Waals surface area contributed by atoms with E-state index < -0.39 is 0 Å². The van der Waals surface area contributed by atoms with E-state index in [1.54, 1.807) is 0 Å². The van der Waals surface area contributed by atoms with Crippen molar-refractivity contribution >= 4 is 28.9 Å². The van der Waals surface area contributed by atoms with E-state index in [0.29, 0.717) is 5.11 Å². The van der Waals surface area contributed by atoms with Gasteiger partial charge in [-0.2, -0.15) is 0 Å². The highest BCUT2D eigenvalue weighted by atomic mass is 32.1. The molecule has 2 aromatic carbocycles. The van der Waals surface area contributed by atoms with Crippen molar-refractivity contribution in [2.45, 2.75) is 58.1 Å². The van der Waals surface area contributed by atoms with Crippen molar-refractivity contribution in [3.8, 4) is 5.75 Å². The normalized spacial score (nSPS) is 19.7. The molecular weight excluding hydrogens is 406 g/mol. The molecule has 1 saturated heterocycles. The maximum Gasteiger partial charge on any atom is 0.253 e. The second-order valence-electron chi connectivity index (χ2n) is 9.19. The molecule has 1 fully saturated rings. The topological polar surface area (TPSA) is 53.6 Å². The Morgan fingerprint density at radius 1 is 1.10 bits per heavy atom. The van der Waals surface area contributed by atoms with E-state index in [4.69, 9.17) is 17.0 Å². The zero-order valence-corrected chi connectivity index (χ0v) is 19.3. The van der Waals surface area contributed by atoms with E-state index in [2.05, 4.69) is 43.5 Å². The highest BCUT2D eigenvalue weighted by Gasteiger charge is 2.34. The van der Waals surface area contributed by atoms with Crippen molar-refractivity contribution in [1.29, 1.82) is 0 Å². The maximum atomic E-state index is 12.7. The summed E-state index contributed by atoms with van der Waals surface area (Å²) < 4.78 is 6.15. The molecule has 0 spiro atoms. The van der Waals surface area contributed by atoms with Crippen LogP contribution in [0.2, 0.25) is 0 Å². The molecule has 2 aliphatic rings. The lowest BCUT2D eigenvalue weighted by Gasteiger charge is -2.38. The first-order valence-electron chi connectivity index (χ1n) is 11.1. The van der Waals surface area contributed by atoms with Crippen LogP contribution >= 0.6 is 12.2 Å². The SMILES string of the molecule is Cc1ccc2c(c1)C(NC(=S)Nc1ccc(C(=O)N3CCCCC3)cc1)CC(C)(C)O2. The summed E-state index contributed by atoms with van der Waals surface area (Å²) in [7, 11) is 0. The summed E-state index contributed by atoms with van der Waals surface area (Å²) in [5, 5.41) is 7.28. The van der Waals surface area contributed by atoms with Crippen LogP contribution in [0.15, 0.2) is 42.5 Å². The lowest BCUT2D eigenvalue weighted by molar-refractivity contribution is 0.0695. The number of nitrogens with one attached hydrogen (secondary N) is 2. The monoisotopic (exact) mass is 437 g/mol. The average Bonchev–Trinajstić information content (AvgIpc) is 2.74. The Labute approximate surface area is 190 Å². The largest absolute Gasteiger partial charge is 0.487 e. The standard InChI is InChI=1S/C25H31N3O2S/c1-17-7-12-22-20(15-17)21(16-25(2,3)30-22)27-24(31)26-19-10-8-18(9-11-19)23(29)28-13-5-4-6-14-28/h7-12,15,21H,4-6,13-14,16H2,1-3H3,(H2,26,27,31). The molecule has 4 rings (SSSR count). The van der Waals surface area contributed by atoms with Gasteiger partial charge in [-0.3, -0.25) is 4.79 Å². The number of hydrogen-bond donors (Lipinski definition) is 2. The minimum Gasteiger partial charge on any atom is -0.487 e. The van der Waals surface area contributed by atoms with E-state index in [9.17, 15) is 4.79 Å². The first-order valence-corrected chi connectivity index (χ1v) is 11.5. The van der Waals surface area contributed by atoms with Crippen LogP contribution in [0.1, 0.15) is 67.1 Å². The number of amides is 1. The number of nitrogens with zero attached hydrogens (tertiary/aromatic N) is 1. The first kappa shape index (κ1) is 21.6. The summed E-state index contributed by atoms with van der Waals surface area (Å²) in [5.41, 5.74) is 3.64. The zero-order chi connectivity index (χ0) is 22.0. The van der Waals surface area contributed by atoms with Crippen LogP contribution in [0.3, 0.4) is 0 Å². The van der Waals surface area contributed by atoms with Crippen LogP contribution in [0.25, 0.3) is 0 Å². The van der Waals surface area contributed by atoms with E-state index in [-0.39, 0.29) is 17.6 Å². The highest BCUT2D eigenvalue weighted by Crippen LogP contribution is 2.39. The van der Waals surface area contributed by atoms with Crippen LogP contribution in [0.4, 0.5) is 5.69 Å². The number of benzene rings is 2. The fourth-order valence-corrected chi connectivity index (χ4v) is 4.66. The fourth-order valence-electron chi connectivity index (χ4n) is 4.40. The molecule has 2 aliphatic heterocycles. The number of carbonyl (C=O) groups excluding carboxylic acids is 1. The van der Waals surface area contributed by atoms with Crippen molar-refractivity contribution in [3.63, 3.8) is 0 Å². The second kappa shape index (κ2) is 8.87. The molecule has 0 bridgehead atoms. The zero-order valence-electron chi connectivity index (χ0n) is 18.5. The molecule has 31 heavy (non-hydrogen) atoms. The predicted octanol–water partition coefficient (Wildman–Crippen LogP) is 5.21. The molecule has 6 heteroatoms. The molecule has 0 saturated carbocycles. The average molecular weight is 438 g/mol. The third kappa shape index (κ3) is 5.18. The highest BCUT2D eigenvalue weighted by molar-refractivity contribution is 7.80. The van der Waals surface area contributed by atoms with E-state index >= 15 is 0 Å². The van der Waals surface area contributed by atoms with Gasteiger partial charge in [0.1, 0.15) is 11.4 Å². The third-order valence-electron chi connectivity index (χ3n) is 5.96. The quantitative estimate of drug-likeness (QED) is 0.646. The molecular formula is C25H31N3O2S. The molecule has 1 amide bonds. The molecule has 1 atom stereocenters. The van der Waals surface area contributed by atoms with Crippen LogP contribution in [-0.2, 0) is 0 Å². The summed E-state index contributed by atoms with van der Waals surface area (Å²) in [6.45, 7) is 7.99. The number of rotatable bonds is 3. The molecule has 0 aromatic heterocycles. The van der Waals surface area contributed by atoms with Gasteiger partial charge in [-0.05, 0) is 82.6 Å². The minimum absolute atomic E-state index is 0.0682. The van der Waals surface area contributed by atoms with E-state index in [1.807, 2.05) is 35.2 Å². The smallest absolute Gasteiger partial charge is 0.253 e. The van der Waals surface area contributed by atoms with Gasteiger partial charge in [0.05, 0.1) is 6.04 Å². The molecule has 2 N–H and O–H groups in total. The number of ether oxygens (including phenoxy) is 1. The predicted molar refractivity (Wildman–Crippen MR) is 129 cm³/mol. The molecule has 2 heterocycles. The number of thiocarbonyl (C=S) groups is 1. The summed E-state index contributed by atoms with van der Waals surface area (Å²) >= 11 is 5.60. The summed E-state index contributed by atoms with van der Waals surface area (Å²) in [6.07, 6.45) is 4.22. The van der Waals surface area contributed by atoms with Crippen molar-refractivity contribution in [2.75, 3.05) is 18.4 Å². The van der Waals surface area contributed by atoms with Gasteiger partial charge >= 0.3 is 0 Å². The molecule has 2 aromatic rings. The van der Waals surface area contributed by atoms with Gasteiger partial charge in [0.25, 0.3) is 5.91 Å².